The molecule has 0 N–H and O–H groups in total. The molecule has 48 valence electrons. The number of halogens is 2. The van der Waals surface area contributed by atoms with Gasteiger partial charge in [0, 0.05) is 6.32 Å². The van der Waals surface area contributed by atoms with Gasteiger partial charge >= 0.3 is 7.27 Å². The van der Waals surface area contributed by atoms with Crippen LogP contribution in [-0.2, 0) is 0 Å². The summed E-state index contributed by atoms with van der Waals surface area (Å²) in [7, 11) is -2.18. The molecule has 0 aromatic heterocycles. The standard InChI is InChI=1S/C6H7BF2/c8-7(9)5-6-3-1-2-4-6/h1-3H,4-5H2. The topological polar surface area (TPSA) is 0 Å². The molecular weight excluding hydrogens is 121 g/mol. The average Bonchev–Trinajstić information content (AvgIpc) is 2.15. The lowest BCUT2D eigenvalue weighted by Crippen LogP contribution is -1.95. The molecule has 0 spiro atoms. The molecule has 0 atom stereocenters. The zero-order valence-electron chi connectivity index (χ0n) is 4.98. The molecular formula is C6H7BF2. The van der Waals surface area contributed by atoms with Crippen LogP contribution in [0.15, 0.2) is 23.8 Å². The van der Waals surface area contributed by atoms with E-state index in [9.17, 15) is 8.63 Å². The van der Waals surface area contributed by atoms with Gasteiger partial charge in [-0.3, -0.25) is 8.63 Å². The van der Waals surface area contributed by atoms with Crippen LogP contribution in [0.25, 0.3) is 0 Å². The summed E-state index contributed by atoms with van der Waals surface area (Å²) < 4.78 is 23.2. The molecule has 0 aliphatic heterocycles. The van der Waals surface area contributed by atoms with Crippen LogP contribution < -0.4 is 0 Å². The van der Waals surface area contributed by atoms with Crippen molar-refractivity contribution in [2.24, 2.45) is 0 Å². The van der Waals surface area contributed by atoms with Crippen molar-refractivity contribution in [3.63, 3.8) is 0 Å². The van der Waals surface area contributed by atoms with Crippen molar-refractivity contribution >= 4 is 7.27 Å². The van der Waals surface area contributed by atoms with E-state index in [2.05, 4.69) is 0 Å². The number of hydrogen-bond acceptors (Lipinski definition) is 0. The van der Waals surface area contributed by atoms with E-state index in [1.807, 2.05) is 12.2 Å². The SMILES string of the molecule is FB(F)CC1=CC=CC1. The molecule has 0 nitrogen and oxygen atoms in total. The smallest absolute Gasteiger partial charge is 0.287 e. The lowest BCUT2D eigenvalue weighted by molar-refractivity contribution is 0.659. The first-order valence-electron chi connectivity index (χ1n) is 2.92. The minimum Gasteiger partial charge on any atom is -0.287 e. The summed E-state index contributed by atoms with van der Waals surface area (Å²) in [5.74, 6) is 0. The predicted octanol–water partition coefficient (Wildman–Crippen LogP) is 2.30. The van der Waals surface area contributed by atoms with Gasteiger partial charge in [0.25, 0.3) is 0 Å². The van der Waals surface area contributed by atoms with E-state index in [1.54, 1.807) is 6.08 Å². The number of allylic oxidation sites excluding steroid dienone is 4. The Morgan fingerprint density at radius 1 is 1.56 bits per heavy atom. The maximum absolute atomic E-state index is 11.6. The number of hydrogen-bond donors (Lipinski definition) is 0. The van der Waals surface area contributed by atoms with Gasteiger partial charge < -0.3 is 0 Å². The summed E-state index contributed by atoms with van der Waals surface area (Å²) >= 11 is 0. The zero-order valence-corrected chi connectivity index (χ0v) is 4.98. The van der Waals surface area contributed by atoms with E-state index >= 15 is 0 Å². The lowest BCUT2D eigenvalue weighted by atomic mass is 9.87. The van der Waals surface area contributed by atoms with Gasteiger partial charge in [-0.2, -0.15) is 0 Å². The van der Waals surface area contributed by atoms with Gasteiger partial charge in [0.1, 0.15) is 0 Å². The van der Waals surface area contributed by atoms with Crippen LogP contribution in [0.1, 0.15) is 6.42 Å². The summed E-state index contributed by atoms with van der Waals surface area (Å²) in [6.07, 6.45) is 6.11. The second kappa shape index (κ2) is 2.81. The highest BCUT2D eigenvalue weighted by Gasteiger charge is 2.14. The van der Waals surface area contributed by atoms with Crippen LogP contribution in [0.4, 0.5) is 8.63 Å². The second-order valence-corrected chi connectivity index (χ2v) is 2.05. The van der Waals surface area contributed by atoms with E-state index in [4.69, 9.17) is 0 Å². The minimum atomic E-state index is -2.18. The van der Waals surface area contributed by atoms with Crippen LogP contribution in [-0.4, -0.2) is 7.27 Å². The Labute approximate surface area is 53.4 Å². The molecule has 1 aliphatic carbocycles. The molecule has 1 rings (SSSR count). The molecule has 0 saturated heterocycles. The largest absolute Gasteiger partial charge is 0.542 e. The molecule has 0 aromatic carbocycles. The minimum absolute atomic E-state index is 0.0625. The molecule has 0 amide bonds. The molecule has 0 fully saturated rings. The monoisotopic (exact) mass is 128 g/mol. The molecule has 0 heterocycles. The van der Waals surface area contributed by atoms with Gasteiger partial charge in [-0.05, 0) is 6.42 Å². The van der Waals surface area contributed by atoms with Gasteiger partial charge in [0.2, 0.25) is 0 Å². The quantitative estimate of drug-likeness (QED) is 0.500. The van der Waals surface area contributed by atoms with Crippen LogP contribution in [0.5, 0.6) is 0 Å². The molecule has 9 heavy (non-hydrogen) atoms. The van der Waals surface area contributed by atoms with Crippen LogP contribution in [0, 0.1) is 0 Å². The Balaban J connectivity index is 2.30. The summed E-state index contributed by atoms with van der Waals surface area (Å²) in [6, 6.07) is 0. The van der Waals surface area contributed by atoms with Crippen molar-refractivity contribution in [3.05, 3.63) is 23.8 Å². The lowest BCUT2D eigenvalue weighted by Gasteiger charge is -1.93. The predicted molar refractivity (Wildman–Crippen MR) is 34.6 cm³/mol. The highest BCUT2D eigenvalue weighted by molar-refractivity contribution is 6.43. The maximum atomic E-state index is 11.6. The Hall–Kier alpha value is -0.595. The molecule has 0 saturated carbocycles. The van der Waals surface area contributed by atoms with Crippen molar-refractivity contribution < 1.29 is 8.63 Å². The van der Waals surface area contributed by atoms with Crippen molar-refractivity contribution in [1.82, 2.24) is 0 Å². The van der Waals surface area contributed by atoms with E-state index in [1.165, 1.54) is 0 Å². The third-order valence-corrected chi connectivity index (χ3v) is 1.26. The van der Waals surface area contributed by atoms with E-state index in [0.29, 0.717) is 6.42 Å². The van der Waals surface area contributed by atoms with Crippen LogP contribution >= 0.6 is 0 Å². The van der Waals surface area contributed by atoms with Crippen LogP contribution in [0.2, 0.25) is 6.32 Å². The Bertz CT molecular complexity index is 149. The van der Waals surface area contributed by atoms with Gasteiger partial charge in [-0.1, -0.05) is 23.8 Å². The summed E-state index contributed by atoms with van der Waals surface area (Å²) in [5.41, 5.74) is 0.838. The molecule has 3 heteroatoms. The molecule has 0 bridgehead atoms. The molecule has 0 unspecified atom stereocenters. The first-order chi connectivity index (χ1) is 4.29. The fourth-order valence-electron chi connectivity index (χ4n) is 0.841. The highest BCUT2D eigenvalue weighted by atomic mass is 19.2. The highest BCUT2D eigenvalue weighted by Crippen LogP contribution is 2.17. The van der Waals surface area contributed by atoms with Gasteiger partial charge in [-0.25, -0.2) is 0 Å². The van der Waals surface area contributed by atoms with E-state index in [-0.39, 0.29) is 6.32 Å². The normalized spacial score (nSPS) is 16.0. The first kappa shape index (κ1) is 6.52. The van der Waals surface area contributed by atoms with Crippen molar-refractivity contribution in [2.75, 3.05) is 0 Å². The zero-order chi connectivity index (χ0) is 6.69. The van der Waals surface area contributed by atoms with Crippen molar-refractivity contribution in [2.45, 2.75) is 12.7 Å². The Morgan fingerprint density at radius 3 is 2.78 bits per heavy atom. The number of rotatable bonds is 2. The molecule has 0 radical (unpaired) electrons. The summed E-state index contributed by atoms with van der Waals surface area (Å²) in [5, 5.41) is 0. The fraction of sp³-hybridized carbons (Fsp3) is 0.333. The van der Waals surface area contributed by atoms with Gasteiger partial charge in [-0.15, -0.1) is 0 Å². The third kappa shape index (κ3) is 2.00. The summed E-state index contributed by atoms with van der Waals surface area (Å²) in [4.78, 5) is 0. The molecule has 0 aromatic rings. The maximum Gasteiger partial charge on any atom is 0.542 e. The first-order valence-corrected chi connectivity index (χ1v) is 2.92. The average molecular weight is 128 g/mol. The third-order valence-electron chi connectivity index (χ3n) is 1.26. The molecule has 1 aliphatic rings. The van der Waals surface area contributed by atoms with Crippen LogP contribution in [0.3, 0.4) is 0 Å². The summed E-state index contributed by atoms with van der Waals surface area (Å²) in [6.45, 7) is 0. The Morgan fingerprint density at radius 2 is 2.33 bits per heavy atom. The van der Waals surface area contributed by atoms with E-state index < -0.39 is 7.27 Å². The van der Waals surface area contributed by atoms with Gasteiger partial charge in [0.15, 0.2) is 0 Å². The fourth-order valence-corrected chi connectivity index (χ4v) is 0.841. The van der Waals surface area contributed by atoms with Crippen molar-refractivity contribution in [1.29, 1.82) is 0 Å². The van der Waals surface area contributed by atoms with Crippen molar-refractivity contribution in [3.8, 4) is 0 Å². The second-order valence-electron chi connectivity index (χ2n) is 2.05. The van der Waals surface area contributed by atoms with E-state index in [0.717, 1.165) is 5.57 Å². The van der Waals surface area contributed by atoms with Gasteiger partial charge in [0.05, 0.1) is 0 Å². The Kier molecular flexibility index (Phi) is 2.03.